The first kappa shape index (κ1) is 28.8. The third-order valence-electron chi connectivity index (χ3n) is 7.22. The average molecular weight is 580 g/mol. The molecular formula is C30H34ClN5O5. The molecule has 0 aliphatic carbocycles. The summed E-state index contributed by atoms with van der Waals surface area (Å²) in [7, 11) is 0. The molecule has 41 heavy (non-hydrogen) atoms. The van der Waals surface area contributed by atoms with E-state index in [-0.39, 0.29) is 24.4 Å². The molecule has 1 fully saturated rings. The lowest BCUT2D eigenvalue weighted by atomic mass is 10.0. The van der Waals surface area contributed by atoms with Crippen LogP contribution in [0.3, 0.4) is 0 Å². The number of halogens is 1. The van der Waals surface area contributed by atoms with Crippen LogP contribution in [0.4, 0.5) is 5.95 Å². The van der Waals surface area contributed by atoms with E-state index in [1.807, 2.05) is 37.3 Å². The standard InChI is InChI=1S/C30H34ClN5O5/c1-3-41-23-6-4-5-19(13-23)27(18(2)37)34-26(38)17-36-16-21-8-7-20(14-24(21)29(36)39)28-25(31)15-32-30(35-28)33-22-9-11-40-12-10-22/h4-8,13-15,18,22,27,37H,3,9-12,16-17H2,1-2H3,(H,34,38)(H,32,33,35)/t18-,27+/m0/s1. The number of nitrogens with zero attached hydrogens (tertiary/aromatic N) is 3. The number of aliphatic hydroxyl groups is 1. The lowest BCUT2D eigenvalue weighted by Gasteiger charge is -2.24. The number of anilines is 1. The summed E-state index contributed by atoms with van der Waals surface area (Å²) in [5, 5.41) is 17.0. The van der Waals surface area contributed by atoms with Gasteiger partial charge in [0.25, 0.3) is 5.91 Å². The minimum Gasteiger partial charge on any atom is -0.494 e. The van der Waals surface area contributed by atoms with Crippen molar-refractivity contribution in [3.8, 4) is 17.0 Å². The van der Waals surface area contributed by atoms with Gasteiger partial charge in [-0.25, -0.2) is 9.97 Å². The third-order valence-corrected chi connectivity index (χ3v) is 7.50. The number of aromatic nitrogens is 2. The zero-order valence-corrected chi connectivity index (χ0v) is 23.9. The average Bonchev–Trinajstić information content (AvgIpc) is 3.27. The Morgan fingerprint density at radius 1 is 1.24 bits per heavy atom. The highest BCUT2D eigenvalue weighted by atomic mass is 35.5. The van der Waals surface area contributed by atoms with Crippen molar-refractivity contribution in [2.75, 3.05) is 31.7 Å². The van der Waals surface area contributed by atoms with Crippen LogP contribution in [0.15, 0.2) is 48.7 Å². The third kappa shape index (κ3) is 6.78. The number of amides is 2. The highest BCUT2D eigenvalue weighted by Gasteiger charge is 2.31. The topological polar surface area (TPSA) is 126 Å². The molecule has 5 rings (SSSR count). The Balaban J connectivity index is 1.27. The molecule has 3 aromatic rings. The SMILES string of the molecule is CCOc1cccc([C@H](NC(=O)CN2Cc3ccc(-c4nc(NC5CCOCC5)ncc4Cl)cc3C2=O)[C@H](C)O)c1. The molecule has 0 unspecified atom stereocenters. The van der Waals surface area contributed by atoms with E-state index in [9.17, 15) is 14.7 Å². The monoisotopic (exact) mass is 579 g/mol. The molecule has 1 saturated heterocycles. The summed E-state index contributed by atoms with van der Waals surface area (Å²) >= 11 is 6.46. The van der Waals surface area contributed by atoms with Crippen LogP contribution >= 0.6 is 11.6 Å². The van der Waals surface area contributed by atoms with Gasteiger partial charge in [0.1, 0.15) is 12.3 Å². The van der Waals surface area contributed by atoms with Crippen LogP contribution in [-0.2, 0) is 16.1 Å². The summed E-state index contributed by atoms with van der Waals surface area (Å²) in [6.45, 7) is 5.55. The lowest BCUT2D eigenvalue weighted by Crippen LogP contribution is -2.41. The number of fused-ring (bicyclic) bond motifs is 1. The normalized spacial score (nSPS) is 16.7. The van der Waals surface area contributed by atoms with Crippen molar-refractivity contribution in [3.05, 3.63) is 70.4 Å². The largest absolute Gasteiger partial charge is 0.494 e. The predicted octanol–water partition coefficient (Wildman–Crippen LogP) is 3.98. The Labute approximate surface area is 244 Å². The summed E-state index contributed by atoms with van der Waals surface area (Å²) in [5.74, 6) is 0.499. The van der Waals surface area contributed by atoms with Crippen LogP contribution in [0.1, 0.15) is 54.2 Å². The molecule has 11 heteroatoms. The van der Waals surface area contributed by atoms with E-state index in [0.717, 1.165) is 18.4 Å². The smallest absolute Gasteiger partial charge is 0.254 e. The number of hydrogen-bond acceptors (Lipinski definition) is 8. The zero-order valence-electron chi connectivity index (χ0n) is 23.1. The van der Waals surface area contributed by atoms with Crippen molar-refractivity contribution >= 4 is 29.4 Å². The summed E-state index contributed by atoms with van der Waals surface area (Å²) in [4.78, 5) is 36.8. The van der Waals surface area contributed by atoms with Gasteiger partial charge in [-0.05, 0) is 56.0 Å². The van der Waals surface area contributed by atoms with Crippen molar-refractivity contribution in [3.63, 3.8) is 0 Å². The van der Waals surface area contributed by atoms with E-state index < -0.39 is 12.1 Å². The van der Waals surface area contributed by atoms with E-state index >= 15 is 0 Å². The number of nitrogens with one attached hydrogen (secondary N) is 2. The van der Waals surface area contributed by atoms with Crippen LogP contribution in [0.25, 0.3) is 11.3 Å². The Bertz CT molecular complexity index is 1410. The van der Waals surface area contributed by atoms with Gasteiger partial charge in [0.15, 0.2) is 0 Å². The number of ether oxygens (including phenoxy) is 2. The molecule has 0 saturated carbocycles. The zero-order chi connectivity index (χ0) is 28.9. The first-order valence-corrected chi connectivity index (χ1v) is 14.2. The van der Waals surface area contributed by atoms with Crippen LogP contribution in [-0.4, -0.2) is 70.3 Å². The van der Waals surface area contributed by atoms with Gasteiger partial charge >= 0.3 is 0 Å². The molecule has 2 atom stereocenters. The maximum atomic E-state index is 13.3. The van der Waals surface area contributed by atoms with Gasteiger partial charge in [-0.3, -0.25) is 9.59 Å². The summed E-state index contributed by atoms with van der Waals surface area (Å²) in [5.41, 5.74) is 3.24. The minimum absolute atomic E-state index is 0.148. The fourth-order valence-corrected chi connectivity index (χ4v) is 5.34. The molecule has 2 aliphatic rings. The first-order valence-electron chi connectivity index (χ1n) is 13.8. The lowest BCUT2D eigenvalue weighted by molar-refractivity contribution is -0.123. The highest BCUT2D eigenvalue weighted by molar-refractivity contribution is 6.33. The van der Waals surface area contributed by atoms with Crippen molar-refractivity contribution in [2.45, 2.75) is 51.4 Å². The number of carbonyl (C=O) groups excluding carboxylic acids is 2. The van der Waals surface area contributed by atoms with E-state index in [4.69, 9.17) is 21.1 Å². The van der Waals surface area contributed by atoms with Crippen molar-refractivity contribution < 1.29 is 24.2 Å². The molecule has 2 aliphatic heterocycles. The molecule has 216 valence electrons. The van der Waals surface area contributed by atoms with Crippen LogP contribution in [0.5, 0.6) is 5.75 Å². The highest BCUT2D eigenvalue weighted by Crippen LogP contribution is 2.32. The van der Waals surface area contributed by atoms with E-state index in [0.29, 0.717) is 65.5 Å². The van der Waals surface area contributed by atoms with Gasteiger partial charge < -0.3 is 30.1 Å². The van der Waals surface area contributed by atoms with Gasteiger partial charge in [-0.15, -0.1) is 0 Å². The van der Waals surface area contributed by atoms with Crippen LogP contribution in [0, 0.1) is 0 Å². The molecular weight excluding hydrogens is 546 g/mol. The van der Waals surface area contributed by atoms with Crippen molar-refractivity contribution in [1.29, 1.82) is 0 Å². The van der Waals surface area contributed by atoms with Gasteiger partial charge in [-0.2, -0.15) is 0 Å². The van der Waals surface area contributed by atoms with Gasteiger partial charge in [0.05, 0.1) is 35.7 Å². The Kier molecular flexibility index (Phi) is 9.02. The fourth-order valence-electron chi connectivity index (χ4n) is 5.14. The van der Waals surface area contributed by atoms with Gasteiger partial charge in [0, 0.05) is 36.9 Å². The second-order valence-corrected chi connectivity index (χ2v) is 10.7. The molecule has 2 amide bonds. The number of carbonyl (C=O) groups is 2. The van der Waals surface area contributed by atoms with E-state index in [1.165, 1.54) is 4.90 Å². The van der Waals surface area contributed by atoms with Crippen molar-refractivity contribution in [2.24, 2.45) is 0 Å². The van der Waals surface area contributed by atoms with Crippen molar-refractivity contribution in [1.82, 2.24) is 20.2 Å². The summed E-state index contributed by atoms with van der Waals surface area (Å²) < 4.78 is 11.0. The van der Waals surface area contributed by atoms with Gasteiger partial charge in [0.2, 0.25) is 11.9 Å². The Hall–Kier alpha value is -3.73. The second kappa shape index (κ2) is 12.8. The molecule has 3 heterocycles. The molecule has 2 aromatic carbocycles. The maximum Gasteiger partial charge on any atom is 0.254 e. The summed E-state index contributed by atoms with van der Waals surface area (Å²) in [6, 6.07) is 12.3. The molecule has 1 aromatic heterocycles. The first-order chi connectivity index (χ1) is 19.8. The quantitative estimate of drug-likeness (QED) is 0.329. The minimum atomic E-state index is -0.853. The molecule has 0 radical (unpaired) electrons. The Morgan fingerprint density at radius 2 is 2.05 bits per heavy atom. The van der Waals surface area contributed by atoms with E-state index in [2.05, 4.69) is 20.6 Å². The Morgan fingerprint density at radius 3 is 2.80 bits per heavy atom. The number of aliphatic hydroxyl groups excluding tert-OH is 1. The molecule has 3 N–H and O–H groups in total. The van der Waals surface area contributed by atoms with Gasteiger partial charge in [-0.1, -0.05) is 35.9 Å². The number of benzene rings is 2. The molecule has 10 nitrogen and oxygen atoms in total. The number of rotatable bonds is 10. The van der Waals surface area contributed by atoms with Crippen LogP contribution < -0.4 is 15.4 Å². The molecule has 0 spiro atoms. The maximum absolute atomic E-state index is 13.3. The molecule has 0 bridgehead atoms. The van der Waals surface area contributed by atoms with E-state index in [1.54, 1.807) is 25.3 Å². The fraction of sp³-hybridized carbons (Fsp3) is 0.400. The summed E-state index contributed by atoms with van der Waals surface area (Å²) in [6.07, 6.45) is 2.44. The predicted molar refractivity (Wildman–Crippen MR) is 155 cm³/mol. The second-order valence-electron chi connectivity index (χ2n) is 10.2. The van der Waals surface area contributed by atoms with Crippen LogP contribution in [0.2, 0.25) is 5.02 Å². The number of hydrogen-bond donors (Lipinski definition) is 3.